The van der Waals surface area contributed by atoms with Crippen LogP contribution in [0.25, 0.3) is 0 Å². The molecule has 0 saturated carbocycles. The smallest absolute Gasteiger partial charge is 0.338 e. The van der Waals surface area contributed by atoms with Gasteiger partial charge in [-0.25, -0.2) is 13.2 Å². The van der Waals surface area contributed by atoms with Crippen LogP contribution in [0, 0.1) is 0 Å². The SMILES string of the molecule is CCOC(=O)c1cccc(Oc2ccc(S(=O)(=O)c3ccc(CCCNC(Cc4ccccc4)[C@H](O)c4cccc(Cl)c4)cc3)cc2)c1. The molecule has 0 aromatic heterocycles. The second-order valence-electron chi connectivity index (χ2n) is 11.3. The van der Waals surface area contributed by atoms with E-state index in [4.69, 9.17) is 21.1 Å². The monoisotopic (exact) mass is 683 g/mol. The van der Waals surface area contributed by atoms with E-state index in [0.29, 0.717) is 35.1 Å². The molecule has 5 aromatic rings. The third-order valence-electron chi connectivity index (χ3n) is 7.87. The Morgan fingerprint density at radius 2 is 1.48 bits per heavy atom. The van der Waals surface area contributed by atoms with Gasteiger partial charge in [-0.3, -0.25) is 0 Å². The van der Waals surface area contributed by atoms with E-state index >= 15 is 0 Å². The fourth-order valence-corrected chi connectivity index (χ4v) is 6.82. The summed E-state index contributed by atoms with van der Waals surface area (Å²) in [6.45, 7) is 2.67. The van der Waals surface area contributed by atoms with Gasteiger partial charge in [0.15, 0.2) is 0 Å². The molecular formula is C39H38ClNO6S. The summed E-state index contributed by atoms with van der Waals surface area (Å²) in [5.74, 6) is 0.431. The number of benzene rings is 5. The minimum Gasteiger partial charge on any atom is -0.462 e. The van der Waals surface area contributed by atoms with Gasteiger partial charge in [0, 0.05) is 11.1 Å². The summed E-state index contributed by atoms with van der Waals surface area (Å²) >= 11 is 6.19. The molecule has 0 spiro atoms. The van der Waals surface area contributed by atoms with Crippen LogP contribution in [0.2, 0.25) is 5.02 Å². The number of halogens is 1. The number of aliphatic hydroxyl groups excluding tert-OH is 1. The summed E-state index contributed by atoms with van der Waals surface area (Å²) < 4.78 is 37.6. The Labute approximate surface area is 287 Å². The number of hydrogen-bond donors (Lipinski definition) is 2. The molecule has 5 aromatic carbocycles. The largest absolute Gasteiger partial charge is 0.462 e. The molecular weight excluding hydrogens is 646 g/mol. The minimum absolute atomic E-state index is 0.148. The fourth-order valence-electron chi connectivity index (χ4n) is 5.36. The fraction of sp³-hybridized carbons (Fsp3) is 0.205. The van der Waals surface area contributed by atoms with Crippen molar-refractivity contribution in [1.29, 1.82) is 0 Å². The predicted molar refractivity (Wildman–Crippen MR) is 187 cm³/mol. The Morgan fingerprint density at radius 3 is 2.17 bits per heavy atom. The Bertz CT molecular complexity index is 1900. The first-order valence-corrected chi connectivity index (χ1v) is 17.7. The molecule has 0 heterocycles. The van der Waals surface area contributed by atoms with Crippen molar-refractivity contribution in [2.24, 2.45) is 0 Å². The number of aliphatic hydroxyl groups is 1. The highest BCUT2D eigenvalue weighted by atomic mass is 35.5. The van der Waals surface area contributed by atoms with Crippen LogP contribution in [0.4, 0.5) is 0 Å². The third kappa shape index (κ3) is 9.33. The van der Waals surface area contributed by atoms with Gasteiger partial charge in [0.05, 0.1) is 28.1 Å². The van der Waals surface area contributed by atoms with Crippen molar-refractivity contribution in [2.75, 3.05) is 13.2 Å². The van der Waals surface area contributed by atoms with Crippen molar-refractivity contribution in [3.05, 3.63) is 155 Å². The third-order valence-corrected chi connectivity index (χ3v) is 9.89. The molecule has 0 saturated heterocycles. The number of esters is 1. The predicted octanol–water partition coefficient (Wildman–Crippen LogP) is 8.01. The number of rotatable bonds is 15. The van der Waals surface area contributed by atoms with Crippen LogP contribution in [-0.2, 0) is 27.4 Å². The van der Waals surface area contributed by atoms with Crippen LogP contribution >= 0.6 is 11.6 Å². The van der Waals surface area contributed by atoms with E-state index in [-0.39, 0.29) is 22.4 Å². The van der Waals surface area contributed by atoms with Gasteiger partial charge in [0.2, 0.25) is 9.84 Å². The lowest BCUT2D eigenvalue weighted by Crippen LogP contribution is -2.37. The van der Waals surface area contributed by atoms with E-state index < -0.39 is 21.9 Å². The summed E-state index contributed by atoms with van der Waals surface area (Å²) in [5.41, 5.74) is 3.26. The van der Waals surface area contributed by atoms with Gasteiger partial charge in [0.1, 0.15) is 11.5 Å². The highest BCUT2D eigenvalue weighted by Gasteiger charge is 2.22. The number of carbonyl (C=O) groups is 1. The molecule has 1 unspecified atom stereocenters. The maximum atomic E-state index is 13.3. The lowest BCUT2D eigenvalue weighted by Gasteiger charge is -2.25. The van der Waals surface area contributed by atoms with E-state index in [2.05, 4.69) is 5.32 Å². The van der Waals surface area contributed by atoms with Crippen LogP contribution < -0.4 is 10.1 Å². The Kier molecular flexibility index (Phi) is 12.0. The van der Waals surface area contributed by atoms with E-state index in [9.17, 15) is 18.3 Å². The van der Waals surface area contributed by atoms with Gasteiger partial charge >= 0.3 is 5.97 Å². The molecule has 0 amide bonds. The highest BCUT2D eigenvalue weighted by molar-refractivity contribution is 7.91. The van der Waals surface area contributed by atoms with E-state index in [1.54, 1.807) is 67.6 Å². The van der Waals surface area contributed by atoms with Crippen LogP contribution in [0.15, 0.2) is 137 Å². The normalized spacial score (nSPS) is 12.6. The van der Waals surface area contributed by atoms with Crippen LogP contribution in [0.1, 0.15) is 46.5 Å². The number of nitrogens with one attached hydrogen (secondary N) is 1. The topological polar surface area (TPSA) is 102 Å². The van der Waals surface area contributed by atoms with E-state index in [1.807, 2.05) is 54.6 Å². The molecule has 0 fully saturated rings. The molecule has 9 heteroatoms. The molecule has 2 N–H and O–H groups in total. The lowest BCUT2D eigenvalue weighted by molar-refractivity contribution is 0.0526. The second kappa shape index (κ2) is 16.6. The Hall–Kier alpha value is -4.47. The van der Waals surface area contributed by atoms with Crippen LogP contribution in [0.3, 0.4) is 0 Å². The van der Waals surface area contributed by atoms with E-state index in [1.165, 1.54) is 12.1 Å². The summed E-state index contributed by atoms with van der Waals surface area (Å²) in [4.78, 5) is 12.4. The van der Waals surface area contributed by atoms with Gasteiger partial charge in [-0.1, -0.05) is 72.3 Å². The average Bonchev–Trinajstić information content (AvgIpc) is 3.10. The first-order valence-electron chi connectivity index (χ1n) is 15.8. The Morgan fingerprint density at radius 1 is 0.792 bits per heavy atom. The molecule has 5 rings (SSSR count). The highest BCUT2D eigenvalue weighted by Crippen LogP contribution is 2.27. The number of sulfone groups is 1. The standard InChI is InChI=1S/C39H38ClNO6S/c1-2-46-39(43)31-13-7-15-34(27-31)47-33-18-22-36(23-19-33)48(44,45)35-20-16-28(17-21-35)11-8-24-41-37(25-29-9-4-3-5-10-29)38(42)30-12-6-14-32(40)26-30/h3-7,9-10,12-23,26-27,37-38,41-42H,2,8,11,24-25H2,1H3/t37?,38-/m1/s1. The molecule has 2 atom stereocenters. The van der Waals surface area contributed by atoms with Crippen LogP contribution in [0.5, 0.6) is 11.5 Å². The van der Waals surface area contributed by atoms with Crippen molar-refractivity contribution in [3.8, 4) is 11.5 Å². The molecule has 0 aliphatic heterocycles. The number of carbonyl (C=O) groups excluding carboxylic acids is 1. The van der Waals surface area contributed by atoms with Crippen molar-refractivity contribution in [2.45, 2.75) is 48.1 Å². The quantitative estimate of drug-likeness (QED) is 0.0852. The van der Waals surface area contributed by atoms with Gasteiger partial charge < -0.3 is 19.9 Å². The molecule has 0 aliphatic carbocycles. The first-order chi connectivity index (χ1) is 23.2. The van der Waals surface area contributed by atoms with E-state index in [0.717, 1.165) is 29.5 Å². The lowest BCUT2D eigenvalue weighted by atomic mass is 9.96. The molecule has 48 heavy (non-hydrogen) atoms. The van der Waals surface area contributed by atoms with Crippen LogP contribution in [-0.4, -0.2) is 38.7 Å². The maximum Gasteiger partial charge on any atom is 0.338 e. The zero-order chi connectivity index (χ0) is 33.9. The van der Waals surface area contributed by atoms with Gasteiger partial charge in [-0.15, -0.1) is 0 Å². The second-order valence-corrected chi connectivity index (χ2v) is 13.7. The first kappa shape index (κ1) is 34.9. The zero-order valence-electron chi connectivity index (χ0n) is 26.6. The molecule has 0 bridgehead atoms. The van der Waals surface area contributed by atoms with Crippen molar-refractivity contribution in [3.63, 3.8) is 0 Å². The Balaban J connectivity index is 1.17. The van der Waals surface area contributed by atoms with Crippen molar-refractivity contribution < 1.29 is 27.8 Å². The summed E-state index contributed by atoms with van der Waals surface area (Å²) in [7, 11) is -3.74. The summed E-state index contributed by atoms with van der Waals surface area (Å²) in [6.07, 6.45) is 1.44. The summed E-state index contributed by atoms with van der Waals surface area (Å²) in [5, 5.41) is 15.3. The average molecular weight is 684 g/mol. The molecule has 0 aliphatic rings. The molecule has 0 radical (unpaired) electrons. The van der Waals surface area contributed by atoms with Crippen molar-refractivity contribution in [1.82, 2.24) is 5.32 Å². The number of ether oxygens (including phenoxy) is 2. The maximum absolute atomic E-state index is 13.3. The zero-order valence-corrected chi connectivity index (χ0v) is 28.2. The van der Waals surface area contributed by atoms with Gasteiger partial charge in [-0.2, -0.15) is 0 Å². The van der Waals surface area contributed by atoms with Crippen molar-refractivity contribution >= 4 is 27.4 Å². The number of aryl methyl sites for hydroxylation is 1. The van der Waals surface area contributed by atoms with Gasteiger partial charge in [0.25, 0.3) is 0 Å². The minimum atomic E-state index is -3.74. The number of hydrogen-bond acceptors (Lipinski definition) is 7. The summed E-state index contributed by atoms with van der Waals surface area (Å²) in [6, 6.07) is 36.8. The molecule has 248 valence electrons. The van der Waals surface area contributed by atoms with Gasteiger partial charge in [-0.05, 0) is 116 Å². The molecule has 7 nitrogen and oxygen atoms in total.